The Labute approximate surface area is 115 Å². The molecule has 2 aliphatic rings. The molecule has 1 aliphatic carbocycles. The lowest BCUT2D eigenvalue weighted by molar-refractivity contribution is -0.0744. The van der Waals surface area contributed by atoms with Crippen LogP contribution in [0.15, 0.2) is 24.3 Å². The molecule has 1 aliphatic heterocycles. The molecule has 0 radical (unpaired) electrons. The number of morpholine rings is 1. The van der Waals surface area contributed by atoms with Crippen molar-refractivity contribution in [2.24, 2.45) is 5.73 Å². The summed E-state index contributed by atoms with van der Waals surface area (Å²) in [5.41, 5.74) is 9.26. The third-order valence-corrected chi connectivity index (χ3v) is 4.67. The van der Waals surface area contributed by atoms with Crippen LogP contribution >= 0.6 is 0 Å². The van der Waals surface area contributed by atoms with Gasteiger partial charge in [-0.15, -0.1) is 0 Å². The highest BCUT2D eigenvalue weighted by atomic mass is 16.5. The van der Waals surface area contributed by atoms with E-state index in [1.165, 1.54) is 11.1 Å². The predicted molar refractivity (Wildman–Crippen MR) is 77.1 cm³/mol. The van der Waals surface area contributed by atoms with Crippen molar-refractivity contribution in [3.8, 4) is 0 Å². The number of nitrogens with two attached hydrogens (primary N) is 1. The monoisotopic (exact) mass is 260 g/mol. The minimum absolute atomic E-state index is 0.149. The molecule has 19 heavy (non-hydrogen) atoms. The van der Waals surface area contributed by atoms with Gasteiger partial charge in [0.1, 0.15) is 0 Å². The van der Waals surface area contributed by atoms with E-state index in [-0.39, 0.29) is 6.04 Å². The van der Waals surface area contributed by atoms with E-state index in [0.717, 1.165) is 26.0 Å². The van der Waals surface area contributed by atoms with Gasteiger partial charge in [-0.3, -0.25) is 4.90 Å². The maximum absolute atomic E-state index is 6.50. The average molecular weight is 260 g/mol. The first-order valence-electron chi connectivity index (χ1n) is 7.41. The van der Waals surface area contributed by atoms with Gasteiger partial charge < -0.3 is 10.5 Å². The molecule has 3 rings (SSSR count). The highest BCUT2D eigenvalue weighted by Gasteiger charge is 2.38. The Morgan fingerprint density at radius 1 is 1.37 bits per heavy atom. The molecule has 0 bridgehead atoms. The van der Waals surface area contributed by atoms with E-state index in [1.807, 2.05) is 0 Å². The summed E-state index contributed by atoms with van der Waals surface area (Å²) in [7, 11) is 0. The van der Waals surface area contributed by atoms with Gasteiger partial charge >= 0.3 is 0 Å². The lowest BCUT2D eigenvalue weighted by atomic mass is 10.0. The van der Waals surface area contributed by atoms with Gasteiger partial charge in [-0.1, -0.05) is 31.2 Å². The van der Waals surface area contributed by atoms with Gasteiger partial charge in [0.2, 0.25) is 0 Å². The van der Waals surface area contributed by atoms with Crippen molar-refractivity contribution in [3.05, 3.63) is 35.4 Å². The van der Waals surface area contributed by atoms with Crippen LogP contribution in [0, 0.1) is 0 Å². The largest absolute Gasteiger partial charge is 0.376 e. The maximum Gasteiger partial charge on any atom is 0.0674 e. The average Bonchev–Trinajstić information content (AvgIpc) is 2.76. The lowest BCUT2D eigenvalue weighted by Crippen LogP contribution is -2.55. The Balaban J connectivity index is 1.83. The molecular formula is C16H24N2O. The van der Waals surface area contributed by atoms with Gasteiger partial charge in [0.15, 0.2) is 0 Å². The van der Waals surface area contributed by atoms with Crippen LogP contribution in [0.1, 0.15) is 37.4 Å². The third-order valence-electron chi connectivity index (χ3n) is 4.67. The number of hydrogen-bond acceptors (Lipinski definition) is 3. The lowest BCUT2D eigenvalue weighted by Gasteiger charge is -2.43. The van der Waals surface area contributed by atoms with Crippen molar-refractivity contribution in [1.82, 2.24) is 4.90 Å². The Hall–Kier alpha value is -0.900. The SMILES string of the molecule is CCC1COC(C)CN1C1Cc2ccccc2C1N. The second-order valence-corrected chi connectivity index (χ2v) is 5.90. The van der Waals surface area contributed by atoms with E-state index in [1.54, 1.807) is 0 Å². The maximum atomic E-state index is 6.50. The summed E-state index contributed by atoms with van der Waals surface area (Å²) in [5, 5.41) is 0. The molecule has 0 saturated carbocycles. The van der Waals surface area contributed by atoms with Crippen molar-refractivity contribution in [2.45, 2.75) is 50.9 Å². The van der Waals surface area contributed by atoms with Crippen LogP contribution in [0.2, 0.25) is 0 Å². The first-order valence-corrected chi connectivity index (χ1v) is 7.41. The molecule has 1 saturated heterocycles. The van der Waals surface area contributed by atoms with Gasteiger partial charge in [-0.2, -0.15) is 0 Å². The molecule has 1 heterocycles. The fourth-order valence-corrected chi connectivity index (χ4v) is 3.56. The fraction of sp³-hybridized carbons (Fsp3) is 0.625. The van der Waals surface area contributed by atoms with E-state index in [4.69, 9.17) is 10.5 Å². The Morgan fingerprint density at radius 2 is 2.16 bits per heavy atom. The number of fused-ring (bicyclic) bond motifs is 1. The van der Waals surface area contributed by atoms with Crippen LogP contribution in [0.4, 0.5) is 0 Å². The summed E-state index contributed by atoms with van der Waals surface area (Å²) in [6.45, 7) is 6.25. The highest BCUT2D eigenvalue weighted by molar-refractivity contribution is 5.37. The zero-order valence-corrected chi connectivity index (χ0v) is 11.9. The molecule has 4 unspecified atom stereocenters. The van der Waals surface area contributed by atoms with E-state index in [2.05, 4.69) is 43.0 Å². The zero-order valence-electron chi connectivity index (χ0n) is 11.9. The van der Waals surface area contributed by atoms with Crippen LogP contribution in [0.25, 0.3) is 0 Å². The van der Waals surface area contributed by atoms with Crippen molar-refractivity contribution < 1.29 is 4.74 Å². The van der Waals surface area contributed by atoms with Gasteiger partial charge in [-0.25, -0.2) is 0 Å². The minimum atomic E-state index is 0.149. The van der Waals surface area contributed by atoms with Crippen molar-refractivity contribution in [3.63, 3.8) is 0 Å². The molecule has 0 aromatic heterocycles. The molecular weight excluding hydrogens is 236 g/mol. The molecule has 3 heteroatoms. The summed E-state index contributed by atoms with van der Waals surface area (Å²) >= 11 is 0. The van der Waals surface area contributed by atoms with Gasteiger partial charge in [0.25, 0.3) is 0 Å². The normalized spacial score (nSPS) is 35.3. The zero-order chi connectivity index (χ0) is 13.4. The number of benzene rings is 1. The van der Waals surface area contributed by atoms with Crippen LogP contribution < -0.4 is 5.73 Å². The predicted octanol–water partition coefficient (Wildman–Crippen LogP) is 2.11. The van der Waals surface area contributed by atoms with E-state index < -0.39 is 0 Å². The summed E-state index contributed by atoms with van der Waals surface area (Å²) in [5.74, 6) is 0. The molecule has 1 aromatic carbocycles. The molecule has 0 amide bonds. The highest BCUT2D eigenvalue weighted by Crippen LogP contribution is 2.35. The topological polar surface area (TPSA) is 38.5 Å². The second kappa shape index (κ2) is 5.23. The fourth-order valence-electron chi connectivity index (χ4n) is 3.56. The summed E-state index contributed by atoms with van der Waals surface area (Å²) < 4.78 is 5.80. The van der Waals surface area contributed by atoms with Crippen molar-refractivity contribution in [1.29, 1.82) is 0 Å². The Bertz CT molecular complexity index is 448. The third kappa shape index (κ3) is 2.31. The minimum Gasteiger partial charge on any atom is -0.376 e. The number of rotatable bonds is 2. The molecule has 2 N–H and O–H groups in total. The number of hydrogen-bond donors (Lipinski definition) is 1. The van der Waals surface area contributed by atoms with Gasteiger partial charge in [-0.05, 0) is 30.9 Å². The van der Waals surface area contributed by atoms with E-state index in [9.17, 15) is 0 Å². The first kappa shape index (κ1) is 13.1. The van der Waals surface area contributed by atoms with Crippen LogP contribution in [0.3, 0.4) is 0 Å². The van der Waals surface area contributed by atoms with Crippen LogP contribution in [-0.2, 0) is 11.2 Å². The van der Waals surface area contributed by atoms with E-state index in [0.29, 0.717) is 18.2 Å². The quantitative estimate of drug-likeness (QED) is 0.885. The summed E-state index contributed by atoms with van der Waals surface area (Å²) in [6.07, 6.45) is 2.53. The van der Waals surface area contributed by atoms with Gasteiger partial charge in [0, 0.05) is 24.7 Å². The van der Waals surface area contributed by atoms with Crippen molar-refractivity contribution >= 4 is 0 Å². The molecule has 104 valence electrons. The van der Waals surface area contributed by atoms with Gasteiger partial charge in [0.05, 0.1) is 12.7 Å². The molecule has 0 spiro atoms. The summed E-state index contributed by atoms with van der Waals surface area (Å²) in [6, 6.07) is 9.73. The number of ether oxygens (including phenoxy) is 1. The van der Waals surface area contributed by atoms with E-state index >= 15 is 0 Å². The standard InChI is InChI=1S/C16H24N2O/c1-3-13-10-19-11(2)9-18(13)15-8-12-6-4-5-7-14(12)16(15)17/h4-7,11,13,15-16H,3,8-10,17H2,1-2H3. The van der Waals surface area contributed by atoms with Crippen molar-refractivity contribution in [2.75, 3.05) is 13.2 Å². The number of nitrogens with zero attached hydrogens (tertiary/aromatic N) is 1. The Kier molecular flexibility index (Phi) is 3.61. The summed E-state index contributed by atoms with van der Waals surface area (Å²) in [4.78, 5) is 2.60. The second-order valence-electron chi connectivity index (χ2n) is 5.90. The molecule has 3 nitrogen and oxygen atoms in total. The first-order chi connectivity index (χ1) is 9.20. The van der Waals surface area contributed by atoms with Crippen LogP contribution in [0.5, 0.6) is 0 Å². The molecule has 1 aromatic rings. The smallest absolute Gasteiger partial charge is 0.0674 e. The molecule has 4 atom stereocenters. The van der Waals surface area contributed by atoms with Crippen LogP contribution in [-0.4, -0.2) is 36.2 Å². The Morgan fingerprint density at radius 3 is 2.89 bits per heavy atom. The molecule has 1 fully saturated rings.